The van der Waals surface area contributed by atoms with Gasteiger partial charge in [-0.15, -0.1) is 0 Å². The number of nitrogens with one attached hydrogen (secondary N) is 1. The van der Waals surface area contributed by atoms with Crippen LogP contribution in [0.1, 0.15) is 36.8 Å². The smallest absolute Gasteiger partial charge is 0.255 e. The van der Waals surface area contributed by atoms with E-state index in [0.29, 0.717) is 0 Å². The van der Waals surface area contributed by atoms with Crippen molar-refractivity contribution in [2.45, 2.75) is 49.5 Å². The summed E-state index contributed by atoms with van der Waals surface area (Å²) >= 11 is 0. The number of nitrogens with zero attached hydrogens (tertiary/aromatic N) is 1. The van der Waals surface area contributed by atoms with Crippen LogP contribution in [0.25, 0.3) is 5.76 Å². The molecule has 0 spiro atoms. The van der Waals surface area contributed by atoms with Gasteiger partial charge < -0.3 is 48.1 Å². The van der Waals surface area contributed by atoms with Crippen molar-refractivity contribution in [2.24, 2.45) is 29.0 Å². The van der Waals surface area contributed by atoms with Gasteiger partial charge in [-0.1, -0.05) is 13.0 Å². The number of ketones is 2. The lowest BCUT2D eigenvalue weighted by molar-refractivity contribution is -0.169. The van der Waals surface area contributed by atoms with E-state index < -0.39 is 99.2 Å². The first kappa shape index (κ1) is 30.6. The monoisotopic (exact) mass is 587 g/mol. The average molecular weight is 588 g/mol. The topological polar surface area (TPSA) is 280 Å². The zero-order valence-electron chi connectivity index (χ0n) is 23.0. The third-order valence-electron chi connectivity index (χ3n) is 8.43. The zero-order valence-corrected chi connectivity index (χ0v) is 23.0. The third-order valence-corrected chi connectivity index (χ3v) is 8.43. The number of carbonyl (C=O) groups excluding carboxylic acids is 5. The van der Waals surface area contributed by atoms with E-state index >= 15 is 0 Å². The fraction of sp³-hybridized carbons (Fsp3) is 0.444. The number of anilines is 1. The Labute approximate surface area is 239 Å². The molecule has 1 aromatic carbocycles. The first-order valence-corrected chi connectivity index (χ1v) is 13.0. The predicted molar refractivity (Wildman–Crippen MR) is 145 cm³/mol. The molecule has 0 aromatic heterocycles. The number of likely N-dealkylation sites (N-methyl/N-ethyl adjacent to an activating group) is 1. The second-order valence-corrected chi connectivity index (χ2v) is 11.1. The molecule has 12 N–H and O–H groups in total. The highest BCUT2D eigenvalue weighted by Gasteiger charge is 2.68. The lowest BCUT2D eigenvalue weighted by Crippen LogP contribution is -2.70. The number of aromatic hydroxyl groups is 1. The lowest BCUT2D eigenvalue weighted by atomic mass is 9.54. The van der Waals surface area contributed by atoms with Crippen molar-refractivity contribution in [3.05, 3.63) is 40.2 Å². The first-order valence-electron chi connectivity index (χ1n) is 13.0. The van der Waals surface area contributed by atoms with E-state index in [0.717, 1.165) is 0 Å². The van der Waals surface area contributed by atoms with Gasteiger partial charge in [0.1, 0.15) is 22.8 Å². The molecule has 3 amide bonds. The Morgan fingerprint density at radius 2 is 1.74 bits per heavy atom. The van der Waals surface area contributed by atoms with Gasteiger partial charge in [-0.3, -0.25) is 28.9 Å². The quantitative estimate of drug-likeness (QED) is 0.124. The molecule has 0 heterocycles. The maximum atomic E-state index is 14.0. The van der Waals surface area contributed by atoms with Crippen LogP contribution in [0.4, 0.5) is 5.69 Å². The van der Waals surface area contributed by atoms with Gasteiger partial charge in [0.25, 0.3) is 5.91 Å². The fourth-order valence-electron chi connectivity index (χ4n) is 6.37. The Bertz CT molecular complexity index is 1480. The highest BCUT2D eigenvalue weighted by atomic mass is 16.4. The van der Waals surface area contributed by atoms with Gasteiger partial charge >= 0.3 is 0 Å². The molecule has 15 heteroatoms. The summed E-state index contributed by atoms with van der Waals surface area (Å²) in [4.78, 5) is 64.2. The van der Waals surface area contributed by atoms with Gasteiger partial charge in [-0.2, -0.15) is 0 Å². The minimum atomic E-state index is -3.04. The molecule has 0 bridgehead atoms. The van der Waals surface area contributed by atoms with Gasteiger partial charge in [-0.25, -0.2) is 0 Å². The molecule has 5 unspecified atom stereocenters. The van der Waals surface area contributed by atoms with E-state index in [1.807, 2.05) is 0 Å². The summed E-state index contributed by atoms with van der Waals surface area (Å²) in [6.45, 7) is 1.58. The van der Waals surface area contributed by atoms with Crippen molar-refractivity contribution in [3.63, 3.8) is 0 Å². The number of phenols is 1. The summed E-state index contributed by atoms with van der Waals surface area (Å²) in [5.74, 6) is -11.8. The molecule has 4 rings (SSSR count). The van der Waals surface area contributed by atoms with Crippen LogP contribution < -0.4 is 22.5 Å². The normalized spacial score (nSPS) is 29.5. The summed E-state index contributed by atoms with van der Waals surface area (Å²) in [6, 6.07) is 0.120. The molecular weight excluding hydrogens is 554 g/mol. The second kappa shape index (κ2) is 10.5. The third kappa shape index (κ3) is 4.32. The average Bonchev–Trinajstić information content (AvgIpc) is 2.90. The number of nitrogens with two attached hydrogens (primary N) is 3. The molecule has 3 aliphatic carbocycles. The number of amides is 3. The molecule has 0 radical (unpaired) electrons. The fourth-order valence-corrected chi connectivity index (χ4v) is 6.37. The van der Waals surface area contributed by atoms with Crippen LogP contribution in [-0.2, 0) is 24.0 Å². The minimum absolute atomic E-state index is 0.0756. The highest BCUT2D eigenvalue weighted by Crippen LogP contribution is 2.56. The largest absolute Gasteiger partial charge is 0.508 e. The number of fused-ring (bicyclic) bond motifs is 3. The van der Waals surface area contributed by atoms with Crippen LogP contribution in [0, 0.1) is 11.8 Å². The number of primary amides is 2. The number of aliphatic hydroxyl groups is 4. The van der Waals surface area contributed by atoms with Crippen molar-refractivity contribution in [1.82, 2.24) is 4.90 Å². The minimum Gasteiger partial charge on any atom is -0.508 e. The summed E-state index contributed by atoms with van der Waals surface area (Å²) in [6.07, 6.45) is -1.97. The molecule has 42 heavy (non-hydrogen) atoms. The molecule has 226 valence electrons. The van der Waals surface area contributed by atoms with Gasteiger partial charge in [0.2, 0.25) is 17.6 Å². The van der Waals surface area contributed by atoms with Crippen LogP contribution >= 0.6 is 0 Å². The maximum absolute atomic E-state index is 14.0. The van der Waals surface area contributed by atoms with Gasteiger partial charge in [0.05, 0.1) is 35.4 Å². The van der Waals surface area contributed by atoms with Crippen molar-refractivity contribution in [2.75, 3.05) is 19.4 Å². The van der Waals surface area contributed by atoms with Crippen molar-refractivity contribution >= 4 is 40.7 Å². The molecule has 0 aliphatic heterocycles. The van der Waals surface area contributed by atoms with E-state index in [1.54, 1.807) is 6.92 Å². The van der Waals surface area contributed by atoms with Crippen LogP contribution in [-0.4, -0.2) is 97.6 Å². The van der Waals surface area contributed by atoms with Gasteiger partial charge in [0, 0.05) is 17.9 Å². The Kier molecular flexibility index (Phi) is 7.67. The number of phenolic OH excluding ortho intramolecular Hbond substituents is 1. The van der Waals surface area contributed by atoms with Crippen LogP contribution in [0.2, 0.25) is 0 Å². The van der Waals surface area contributed by atoms with Crippen molar-refractivity contribution < 1.29 is 49.5 Å². The molecule has 7 atom stereocenters. The van der Waals surface area contributed by atoms with E-state index in [-0.39, 0.29) is 29.7 Å². The maximum Gasteiger partial charge on any atom is 0.255 e. The molecule has 0 saturated heterocycles. The SMILES string of the molecule is CC1c2ccc(NC(=O)[C@@H](N)CCC(N)=O)c(O)c2C(O)=C2C(=O)C3(O)C(O)=C(C(N)=O)C(=O)[C@@H](N(C)C)C3C(O)C21. The van der Waals surface area contributed by atoms with Crippen molar-refractivity contribution in [3.8, 4) is 5.75 Å². The number of aliphatic hydroxyl groups excluding tert-OH is 3. The molecule has 1 aromatic rings. The van der Waals surface area contributed by atoms with Crippen molar-refractivity contribution in [1.29, 1.82) is 0 Å². The number of hydrogen-bond acceptors (Lipinski definition) is 12. The van der Waals surface area contributed by atoms with Gasteiger partial charge in [-0.05, 0) is 38.1 Å². The van der Waals surface area contributed by atoms with Crippen LogP contribution in [0.5, 0.6) is 5.75 Å². The molecule has 3 aliphatic rings. The van der Waals surface area contributed by atoms with E-state index in [2.05, 4.69) is 5.32 Å². The number of benzene rings is 1. The number of carbonyl (C=O) groups is 5. The first-order chi connectivity index (χ1) is 19.5. The van der Waals surface area contributed by atoms with Gasteiger partial charge in [0.15, 0.2) is 11.4 Å². The summed E-state index contributed by atoms with van der Waals surface area (Å²) in [5, 5.41) is 59.1. The lowest BCUT2D eigenvalue weighted by Gasteiger charge is -2.53. The number of hydrogen-bond donors (Lipinski definition) is 9. The standard InChI is InChI=1S/C27H33N5O10/c1-8-9-4-6-11(31-26(41)10(28)5-7-12(29)33)19(34)14(9)20(35)15-13(8)21(36)17-18(32(2)3)22(37)16(25(30)40)24(39)27(17,42)23(15)38/h4,6,8,10,13,17-18,21,34-36,39,42H,5,7,28H2,1-3H3,(H2,29,33)(H2,30,40)(H,31,41)/t8?,10-,13?,17?,18-,21?,27?/m0/s1. The zero-order chi connectivity index (χ0) is 31.6. The number of rotatable bonds is 7. The van der Waals surface area contributed by atoms with E-state index in [1.165, 1.54) is 31.1 Å². The molecular formula is C27H33N5O10. The number of Topliss-reactive ketones (excluding diaryl/α,β-unsaturated/α-hetero) is 2. The summed E-state index contributed by atoms with van der Waals surface area (Å²) in [7, 11) is 2.83. The Hall–Kier alpha value is -4.31. The highest BCUT2D eigenvalue weighted by molar-refractivity contribution is 6.24. The Morgan fingerprint density at radius 1 is 1.12 bits per heavy atom. The van der Waals surface area contributed by atoms with E-state index in [4.69, 9.17) is 17.2 Å². The predicted octanol–water partition coefficient (Wildman–Crippen LogP) is -1.97. The Balaban J connectivity index is 1.87. The summed E-state index contributed by atoms with van der Waals surface area (Å²) in [5.41, 5.74) is 11.3. The van der Waals surface area contributed by atoms with E-state index in [9.17, 15) is 49.5 Å². The van der Waals surface area contributed by atoms with Crippen LogP contribution in [0.15, 0.2) is 29.0 Å². The molecule has 1 fully saturated rings. The molecule has 15 nitrogen and oxygen atoms in total. The van der Waals surface area contributed by atoms with Crippen LogP contribution in [0.3, 0.4) is 0 Å². The molecule has 1 saturated carbocycles. The Morgan fingerprint density at radius 3 is 2.29 bits per heavy atom. The summed E-state index contributed by atoms with van der Waals surface area (Å²) < 4.78 is 0. The second-order valence-electron chi connectivity index (χ2n) is 11.1.